The molecule has 2 aromatic carbocycles. The summed E-state index contributed by atoms with van der Waals surface area (Å²) >= 11 is 0. The van der Waals surface area contributed by atoms with Gasteiger partial charge in [-0.25, -0.2) is 4.79 Å². The first kappa shape index (κ1) is 40.4. The summed E-state index contributed by atoms with van der Waals surface area (Å²) in [5.74, 6) is -1.91. The third kappa shape index (κ3) is 9.30. The molecule has 1 saturated heterocycles. The third-order valence-corrected chi connectivity index (χ3v) is 10.2. The molecule has 0 aliphatic carbocycles. The standard InChI is InChI=1S/C43H56N4O7/c1-9-47-36-18-17-30(23-33(36)34(24-43(6,7)26-48)38(47)32-16-11-19-44-37(32)27(2)53-8)29-14-10-13-28(21-29)22-35(45-41(52)54-42(3,4)5)39(49)46-20-12-15-31(25-46)40(50)51/h10-11,13-14,16-19,21,23,27,31,35,48H,9,12,15,20,22,24-26H2,1-8H3,(H,45,52)(H,50,51)/t27-,31?,35?/m0/s1. The number of carbonyl (C=O) groups is 3. The zero-order valence-electron chi connectivity index (χ0n) is 32.9. The zero-order valence-corrected chi connectivity index (χ0v) is 32.9. The maximum Gasteiger partial charge on any atom is 0.408 e. The number of aromatic nitrogens is 2. The number of carboxylic acid groups (broad SMARTS) is 1. The number of ether oxygens (including phenoxy) is 2. The first-order chi connectivity index (χ1) is 25.6. The number of benzene rings is 2. The first-order valence-corrected chi connectivity index (χ1v) is 18.9. The van der Waals surface area contributed by atoms with Crippen LogP contribution in [0.4, 0.5) is 4.79 Å². The lowest BCUT2D eigenvalue weighted by atomic mass is 9.84. The van der Waals surface area contributed by atoms with Crippen LogP contribution in [0.15, 0.2) is 60.8 Å². The van der Waals surface area contributed by atoms with Crippen molar-refractivity contribution in [1.29, 1.82) is 0 Å². The van der Waals surface area contributed by atoms with Crippen molar-refractivity contribution < 1.29 is 34.1 Å². The fourth-order valence-electron chi connectivity index (χ4n) is 7.37. The molecule has 3 atom stereocenters. The van der Waals surface area contributed by atoms with Gasteiger partial charge in [0.25, 0.3) is 0 Å². The molecule has 11 nitrogen and oxygen atoms in total. The Morgan fingerprint density at radius 2 is 1.78 bits per heavy atom. The van der Waals surface area contributed by atoms with Crippen molar-refractivity contribution in [3.05, 3.63) is 77.6 Å². The van der Waals surface area contributed by atoms with E-state index in [0.29, 0.717) is 25.8 Å². The largest absolute Gasteiger partial charge is 0.481 e. The van der Waals surface area contributed by atoms with Gasteiger partial charge in [0, 0.05) is 62.4 Å². The normalized spacial score (nSPS) is 16.2. The summed E-state index contributed by atoms with van der Waals surface area (Å²) in [5, 5.41) is 23.9. The van der Waals surface area contributed by atoms with Crippen molar-refractivity contribution in [3.8, 4) is 22.4 Å². The van der Waals surface area contributed by atoms with E-state index >= 15 is 0 Å². The van der Waals surface area contributed by atoms with Crippen LogP contribution in [0.25, 0.3) is 33.3 Å². The van der Waals surface area contributed by atoms with Crippen molar-refractivity contribution in [2.45, 2.75) is 98.4 Å². The molecule has 4 aromatic rings. The number of carboxylic acids is 1. The molecular weight excluding hydrogens is 684 g/mol. The van der Waals surface area contributed by atoms with E-state index in [2.05, 4.69) is 54.9 Å². The van der Waals surface area contributed by atoms with Crippen LogP contribution in [-0.4, -0.2) is 81.1 Å². The van der Waals surface area contributed by atoms with Gasteiger partial charge in [-0.15, -0.1) is 0 Å². The molecule has 3 N–H and O–H groups in total. The highest BCUT2D eigenvalue weighted by atomic mass is 16.6. The number of carbonyl (C=O) groups excluding carboxylic acids is 2. The summed E-state index contributed by atoms with van der Waals surface area (Å²) < 4.78 is 13.6. The van der Waals surface area contributed by atoms with Crippen LogP contribution in [0.1, 0.15) is 84.2 Å². The Morgan fingerprint density at radius 3 is 2.44 bits per heavy atom. The Morgan fingerprint density at radius 1 is 1.04 bits per heavy atom. The average Bonchev–Trinajstić information content (AvgIpc) is 3.44. The summed E-state index contributed by atoms with van der Waals surface area (Å²) in [7, 11) is 1.68. The van der Waals surface area contributed by atoms with E-state index in [1.165, 1.54) is 0 Å². The van der Waals surface area contributed by atoms with Gasteiger partial charge in [-0.2, -0.15) is 0 Å². The average molecular weight is 741 g/mol. The quantitative estimate of drug-likeness (QED) is 0.129. The van der Waals surface area contributed by atoms with E-state index in [1.807, 2.05) is 37.3 Å². The number of nitrogens with one attached hydrogen (secondary N) is 1. The number of methoxy groups -OCH3 is 1. The molecule has 0 bridgehead atoms. The van der Waals surface area contributed by atoms with Gasteiger partial charge in [0.05, 0.1) is 23.4 Å². The minimum Gasteiger partial charge on any atom is -0.481 e. The van der Waals surface area contributed by atoms with Crippen molar-refractivity contribution in [1.82, 2.24) is 19.8 Å². The second kappa shape index (κ2) is 16.7. The van der Waals surface area contributed by atoms with Crippen LogP contribution in [0.3, 0.4) is 0 Å². The summed E-state index contributed by atoms with van der Waals surface area (Å²) in [6.45, 7) is 14.8. The number of amides is 2. The Bertz CT molecular complexity index is 1980. The van der Waals surface area contributed by atoms with E-state index in [0.717, 1.165) is 56.7 Å². The number of alkyl carbamates (subject to hydrolysis) is 1. The number of piperidine rings is 1. The maximum atomic E-state index is 13.9. The van der Waals surface area contributed by atoms with Gasteiger partial charge in [-0.3, -0.25) is 14.6 Å². The van der Waals surface area contributed by atoms with Gasteiger partial charge in [0.1, 0.15) is 11.6 Å². The van der Waals surface area contributed by atoms with Gasteiger partial charge in [0.2, 0.25) is 5.91 Å². The van der Waals surface area contributed by atoms with Gasteiger partial charge >= 0.3 is 12.1 Å². The molecular formula is C43H56N4O7. The maximum absolute atomic E-state index is 13.9. The SMILES string of the molecule is CCn1c(-c2cccnc2[C@H](C)OC)c(CC(C)(C)CO)c2cc(-c3cccc(CC(NC(=O)OC(C)(C)C)C(=O)N4CCCC(C(=O)O)C4)c3)ccc21. The third-order valence-electron chi connectivity index (χ3n) is 10.2. The highest BCUT2D eigenvalue weighted by Gasteiger charge is 2.34. The minimum absolute atomic E-state index is 0.0208. The molecule has 54 heavy (non-hydrogen) atoms. The lowest BCUT2D eigenvalue weighted by Gasteiger charge is -2.34. The second-order valence-electron chi connectivity index (χ2n) is 16.2. The molecule has 290 valence electrons. The van der Waals surface area contributed by atoms with E-state index in [9.17, 15) is 24.6 Å². The summed E-state index contributed by atoms with van der Waals surface area (Å²) in [6, 6.07) is 17.4. The molecule has 1 aliphatic heterocycles. The number of hydrogen-bond donors (Lipinski definition) is 3. The van der Waals surface area contributed by atoms with E-state index in [-0.39, 0.29) is 31.6 Å². The highest BCUT2D eigenvalue weighted by Crippen LogP contribution is 2.41. The van der Waals surface area contributed by atoms with E-state index < -0.39 is 35.0 Å². The zero-order chi connectivity index (χ0) is 39.4. The number of fused-ring (bicyclic) bond motifs is 1. The summed E-state index contributed by atoms with van der Waals surface area (Å²) in [5.41, 5.74) is 6.68. The number of aliphatic hydroxyl groups is 1. The van der Waals surface area contributed by atoms with Gasteiger partial charge in [-0.1, -0.05) is 44.2 Å². The number of nitrogens with zero attached hydrogens (tertiary/aromatic N) is 3. The Balaban J connectivity index is 1.57. The molecule has 1 fully saturated rings. The number of hydrogen-bond acceptors (Lipinski definition) is 7. The highest BCUT2D eigenvalue weighted by molar-refractivity contribution is 5.95. The van der Waals surface area contributed by atoms with Gasteiger partial charge in [0.15, 0.2) is 0 Å². The van der Waals surface area contributed by atoms with Gasteiger partial charge in [-0.05, 0) is 106 Å². The second-order valence-corrected chi connectivity index (χ2v) is 16.2. The van der Waals surface area contributed by atoms with Crippen LogP contribution in [0.2, 0.25) is 0 Å². The number of aliphatic hydroxyl groups excluding tert-OH is 1. The number of aliphatic carboxylic acids is 1. The molecule has 0 saturated carbocycles. The number of aryl methyl sites for hydroxylation is 1. The molecule has 1 aliphatic rings. The van der Waals surface area contributed by atoms with Crippen LogP contribution in [0, 0.1) is 11.3 Å². The van der Waals surface area contributed by atoms with Crippen LogP contribution in [0.5, 0.6) is 0 Å². The van der Waals surface area contributed by atoms with Crippen molar-refractivity contribution in [3.63, 3.8) is 0 Å². The number of rotatable bonds is 13. The lowest BCUT2D eigenvalue weighted by Crippen LogP contribution is -2.53. The Kier molecular flexibility index (Phi) is 12.5. The summed E-state index contributed by atoms with van der Waals surface area (Å²) in [4.78, 5) is 45.0. The molecule has 5 rings (SSSR count). The fraction of sp³-hybridized carbons (Fsp3) is 0.488. The lowest BCUT2D eigenvalue weighted by molar-refractivity contribution is -0.146. The predicted octanol–water partition coefficient (Wildman–Crippen LogP) is 7.42. The minimum atomic E-state index is -0.957. The smallest absolute Gasteiger partial charge is 0.408 e. The molecule has 2 unspecified atom stereocenters. The number of pyridine rings is 1. The molecule has 0 radical (unpaired) electrons. The van der Waals surface area contributed by atoms with Gasteiger partial charge < -0.3 is 34.5 Å². The molecule has 0 spiro atoms. The summed E-state index contributed by atoms with van der Waals surface area (Å²) in [6.07, 6.45) is 2.75. The van der Waals surface area contributed by atoms with Crippen molar-refractivity contribution in [2.24, 2.45) is 11.3 Å². The van der Waals surface area contributed by atoms with Crippen LogP contribution < -0.4 is 5.32 Å². The van der Waals surface area contributed by atoms with E-state index in [4.69, 9.17) is 14.5 Å². The molecule has 2 aromatic heterocycles. The topological polar surface area (TPSA) is 143 Å². The predicted molar refractivity (Wildman–Crippen MR) is 210 cm³/mol. The molecule has 11 heteroatoms. The van der Waals surface area contributed by atoms with Crippen LogP contribution in [-0.2, 0) is 38.4 Å². The number of likely N-dealkylation sites (tertiary alicyclic amines) is 1. The van der Waals surface area contributed by atoms with Crippen molar-refractivity contribution in [2.75, 3.05) is 26.8 Å². The molecule has 2 amide bonds. The monoisotopic (exact) mass is 740 g/mol. The Hall–Kier alpha value is -4.74. The van der Waals surface area contributed by atoms with Crippen molar-refractivity contribution >= 4 is 28.9 Å². The fourth-order valence-corrected chi connectivity index (χ4v) is 7.37. The van der Waals surface area contributed by atoms with E-state index in [1.54, 1.807) is 39.0 Å². The first-order valence-electron chi connectivity index (χ1n) is 18.9. The van der Waals surface area contributed by atoms with Crippen LogP contribution >= 0.6 is 0 Å². The molecule has 3 heterocycles. The Labute approximate surface area is 318 Å².